The summed E-state index contributed by atoms with van der Waals surface area (Å²) in [4.78, 5) is 0. The van der Waals surface area contributed by atoms with Crippen LogP contribution in [0.25, 0.3) is 0 Å². The van der Waals surface area contributed by atoms with Crippen molar-refractivity contribution in [1.29, 1.82) is 0 Å². The second-order valence-corrected chi connectivity index (χ2v) is 4.57. The first kappa shape index (κ1) is 8.83. The van der Waals surface area contributed by atoms with Crippen molar-refractivity contribution in [3.05, 3.63) is 19.2 Å². The monoisotopic (exact) mass is 362 g/mol. The summed E-state index contributed by atoms with van der Waals surface area (Å²) in [7, 11) is 0. The second kappa shape index (κ2) is 3.42. The Bertz CT molecular complexity index is 208. The Balaban J connectivity index is 2.98. The Morgan fingerprint density at radius 3 is 2.20 bits per heavy atom. The second-order valence-electron chi connectivity index (χ2n) is 2.43. The molecule has 0 radical (unpaired) electrons. The summed E-state index contributed by atoms with van der Waals surface area (Å²) >= 11 is 4.48. The van der Waals surface area contributed by atoms with Gasteiger partial charge in [-0.05, 0) is 28.7 Å². The van der Waals surface area contributed by atoms with Gasteiger partial charge in [-0.3, -0.25) is 0 Å². The molecule has 1 rings (SSSR count). The van der Waals surface area contributed by atoms with E-state index in [2.05, 4.69) is 65.1 Å². The van der Waals surface area contributed by atoms with E-state index in [4.69, 9.17) is 4.42 Å². The van der Waals surface area contributed by atoms with Gasteiger partial charge in [-0.2, -0.15) is 0 Å². The van der Waals surface area contributed by atoms with Gasteiger partial charge in [-0.15, -0.1) is 0 Å². The van der Waals surface area contributed by atoms with Crippen molar-refractivity contribution in [1.82, 2.24) is 0 Å². The van der Waals surface area contributed by atoms with Crippen LogP contribution in [0.15, 0.2) is 10.5 Å². The predicted octanol–water partition coefficient (Wildman–Crippen LogP) is 3.61. The van der Waals surface area contributed by atoms with Gasteiger partial charge in [-0.1, -0.05) is 13.8 Å². The highest BCUT2D eigenvalue weighted by molar-refractivity contribution is 14.1. The molecule has 1 heterocycles. The molecule has 0 spiro atoms. The molecule has 1 aromatic rings. The van der Waals surface area contributed by atoms with Crippen molar-refractivity contribution in [2.24, 2.45) is 0 Å². The molecule has 0 aliphatic rings. The molecule has 0 aliphatic heterocycles. The van der Waals surface area contributed by atoms with Gasteiger partial charge in [-0.25, -0.2) is 0 Å². The first-order valence-corrected chi connectivity index (χ1v) is 5.21. The van der Waals surface area contributed by atoms with Crippen LogP contribution in [-0.4, -0.2) is 0 Å². The molecule has 56 valence electrons. The third-order valence-corrected chi connectivity index (χ3v) is 3.87. The van der Waals surface area contributed by atoms with E-state index in [9.17, 15) is 0 Å². The molecule has 3 heteroatoms. The molecule has 0 aliphatic carbocycles. The van der Waals surface area contributed by atoms with Gasteiger partial charge in [0.25, 0.3) is 0 Å². The fourth-order valence-electron chi connectivity index (χ4n) is 0.648. The van der Waals surface area contributed by atoms with Gasteiger partial charge in [0.1, 0.15) is 5.76 Å². The third kappa shape index (κ3) is 1.87. The van der Waals surface area contributed by atoms with Crippen LogP contribution in [0.3, 0.4) is 0 Å². The van der Waals surface area contributed by atoms with Crippen LogP contribution in [0.4, 0.5) is 0 Å². The molecule has 0 N–H and O–H groups in total. The Kier molecular flexibility index (Phi) is 3.02. The van der Waals surface area contributed by atoms with Crippen LogP contribution in [0.2, 0.25) is 0 Å². The highest BCUT2D eigenvalue weighted by Gasteiger charge is 2.07. The van der Waals surface area contributed by atoms with E-state index < -0.39 is 0 Å². The minimum atomic E-state index is 0.497. The number of hydrogen-bond donors (Lipinski definition) is 0. The summed E-state index contributed by atoms with van der Waals surface area (Å²) < 4.78 is 7.67. The van der Waals surface area contributed by atoms with E-state index in [0.717, 1.165) is 9.53 Å². The number of rotatable bonds is 1. The molecule has 0 saturated carbocycles. The van der Waals surface area contributed by atoms with Crippen LogP contribution in [0, 0.1) is 7.34 Å². The van der Waals surface area contributed by atoms with E-state index in [1.807, 2.05) is 0 Å². The standard InChI is InChI=1S/C7H8I2O/c1-4(2)6-3-5(8)7(9)10-6/h3-4H,1-2H3. The zero-order valence-corrected chi connectivity index (χ0v) is 10.1. The molecule has 0 atom stereocenters. The first-order chi connectivity index (χ1) is 4.61. The fourth-order valence-corrected chi connectivity index (χ4v) is 1.47. The van der Waals surface area contributed by atoms with E-state index in [1.165, 1.54) is 3.57 Å². The predicted molar refractivity (Wildman–Crippen MR) is 58.2 cm³/mol. The van der Waals surface area contributed by atoms with Crippen molar-refractivity contribution in [3.63, 3.8) is 0 Å². The highest BCUT2D eigenvalue weighted by atomic mass is 127. The van der Waals surface area contributed by atoms with Crippen molar-refractivity contribution in [3.8, 4) is 0 Å². The van der Waals surface area contributed by atoms with Crippen LogP contribution in [-0.2, 0) is 0 Å². The lowest BCUT2D eigenvalue weighted by molar-refractivity contribution is 0.464. The molecule has 0 saturated heterocycles. The summed E-state index contributed by atoms with van der Waals surface area (Å²) in [6.07, 6.45) is 0. The minimum Gasteiger partial charge on any atom is -0.454 e. The topological polar surface area (TPSA) is 13.1 Å². The van der Waals surface area contributed by atoms with E-state index in [-0.39, 0.29) is 0 Å². The van der Waals surface area contributed by atoms with Gasteiger partial charge in [0.2, 0.25) is 0 Å². The molecule has 0 aromatic carbocycles. The van der Waals surface area contributed by atoms with E-state index >= 15 is 0 Å². The molecule has 1 aromatic heterocycles. The molecule has 0 amide bonds. The van der Waals surface area contributed by atoms with Gasteiger partial charge in [0.05, 0.1) is 3.57 Å². The fraction of sp³-hybridized carbons (Fsp3) is 0.429. The van der Waals surface area contributed by atoms with Crippen molar-refractivity contribution in [2.75, 3.05) is 0 Å². The average molecular weight is 362 g/mol. The summed E-state index contributed by atoms with van der Waals surface area (Å²) in [6, 6.07) is 2.09. The average Bonchev–Trinajstić information content (AvgIpc) is 2.13. The quantitative estimate of drug-likeness (QED) is 0.696. The number of hydrogen-bond acceptors (Lipinski definition) is 1. The van der Waals surface area contributed by atoms with Crippen molar-refractivity contribution < 1.29 is 4.42 Å². The maximum atomic E-state index is 5.45. The van der Waals surface area contributed by atoms with Crippen LogP contribution >= 0.6 is 45.2 Å². The Labute approximate surface area is 87.8 Å². The number of halogens is 2. The van der Waals surface area contributed by atoms with Gasteiger partial charge >= 0.3 is 0 Å². The van der Waals surface area contributed by atoms with Gasteiger partial charge in [0.15, 0.2) is 3.77 Å². The van der Waals surface area contributed by atoms with Crippen LogP contribution in [0.1, 0.15) is 25.5 Å². The molecule has 0 unspecified atom stereocenters. The van der Waals surface area contributed by atoms with Crippen LogP contribution < -0.4 is 0 Å². The summed E-state index contributed by atoms with van der Waals surface area (Å²) in [6.45, 7) is 4.26. The van der Waals surface area contributed by atoms with Crippen LogP contribution in [0.5, 0.6) is 0 Å². The Morgan fingerprint density at radius 1 is 1.40 bits per heavy atom. The maximum Gasteiger partial charge on any atom is 0.177 e. The van der Waals surface area contributed by atoms with Crippen molar-refractivity contribution in [2.45, 2.75) is 19.8 Å². The Morgan fingerprint density at radius 2 is 2.00 bits per heavy atom. The molecular formula is C7H8I2O. The zero-order valence-electron chi connectivity index (χ0n) is 5.82. The molecule has 1 nitrogen and oxygen atoms in total. The largest absolute Gasteiger partial charge is 0.454 e. The number of furan rings is 1. The van der Waals surface area contributed by atoms with Gasteiger partial charge in [0, 0.05) is 28.5 Å². The lowest BCUT2D eigenvalue weighted by atomic mass is 10.2. The maximum absolute atomic E-state index is 5.45. The normalized spacial score (nSPS) is 10.9. The minimum absolute atomic E-state index is 0.497. The van der Waals surface area contributed by atoms with Gasteiger partial charge < -0.3 is 4.42 Å². The summed E-state index contributed by atoms with van der Waals surface area (Å²) in [5.41, 5.74) is 0. The molecule has 10 heavy (non-hydrogen) atoms. The summed E-state index contributed by atoms with van der Waals surface area (Å²) in [5.74, 6) is 1.57. The third-order valence-electron chi connectivity index (χ3n) is 1.23. The lowest BCUT2D eigenvalue weighted by Crippen LogP contribution is -1.80. The lowest BCUT2D eigenvalue weighted by Gasteiger charge is -1.95. The smallest absolute Gasteiger partial charge is 0.177 e. The van der Waals surface area contributed by atoms with E-state index in [0.29, 0.717) is 5.92 Å². The Hall–Kier alpha value is 0.740. The highest BCUT2D eigenvalue weighted by Crippen LogP contribution is 2.24. The summed E-state index contributed by atoms with van der Waals surface area (Å²) in [5, 5.41) is 0. The molecule has 0 bridgehead atoms. The van der Waals surface area contributed by atoms with Crippen molar-refractivity contribution >= 4 is 45.2 Å². The zero-order chi connectivity index (χ0) is 7.72. The molecular weight excluding hydrogens is 354 g/mol. The molecule has 0 fully saturated rings. The first-order valence-electron chi connectivity index (χ1n) is 3.06. The SMILES string of the molecule is CC(C)c1cc(I)c(I)o1. The van der Waals surface area contributed by atoms with E-state index in [1.54, 1.807) is 0 Å².